The van der Waals surface area contributed by atoms with E-state index in [0.29, 0.717) is 0 Å². The van der Waals surface area contributed by atoms with Gasteiger partial charge in [-0.05, 0) is 0 Å². The first-order valence-electron chi connectivity index (χ1n) is 6.68. The SMILES string of the molecule is C=C=C(N=C(C)C)c1cc([I-]C)cc2c1C=CN(C)C2=C. The quantitative estimate of drug-likeness (QED) is 0.326. The molecule has 0 saturated carbocycles. The van der Waals surface area contributed by atoms with Crippen molar-refractivity contribution in [2.75, 3.05) is 12.0 Å². The van der Waals surface area contributed by atoms with E-state index in [9.17, 15) is 0 Å². The van der Waals surface area contributed by atoms with Gasteiger partial charge in [0.1, 0.15) is 0 Å². The molecule has 0 saturated heterocycles. The fourth-order valence-corrected chi connectivity index (χ4v) is 3.47. The summed E-state index contributed by atoms with van der Waals surface area (Å²) in [6, 6.07) is 4.49. The molecule has 21 heavy (non-hydrogen) atoms. The van der Waals surface area contributed by atoms with E-state index in [-0.39, 0.29) is 21.2 Å². The van der Waals surface area contributed by atoms with Crippen LogP contribution in [0.3, 0.4) is 0 Å². The molecule has 110 valence electrons. The standard InChI is InChI=1S/C18H20IN2/c1-7-18(20-12(2)3)17-11-14(19-5)10-16-13(4)21(6)9-8-15(16)17/h8-11H,1,4H2,2-3,5-6H3/q-1. The first kappa shape index (κ1) is 15.8. The summed E-state index contributed by atoms with van der Waals surface area (Å²) in [5.41, 5.74) is 9.28. The molecule has 2 nitrogen and oxygen atoms in total. The Morgan fingerprint density at radius 3 is 2.62 bits per heavy atom. The van der Waals surface area contributed by atoms with Crippen molar-refractivity contribution >= 4 is 23.2 Å². The van der Waals surface area contributed by atoms with E-state index >= 15 is 0 Å². The van der Waals surface area contributed by atoms with E-state index in [2.05, 4.69) is 51.9 Å². The van der Waals surface area contributed by atoms with Crippen LogP contribution in [0.2, 0.25) is 0 Å². The number of rotatable bonds is 3. The Morgan fingerprint density at radius 1 is 1.33 bits per heavy atom. The van der Waals surface area contributed by atoms with Crippen LogP contribution < -0.4 is 21.2 Å². The molecule has 2 rings (SSSR count). The number of fused-ring (bicyclic) bond motifs is 1. The summed E-state index contributed by atoms with van der Waals surface area (Å²) in [6.45, 7) is 12.0. The zero-order valence-corrected chi connectivity index (χ0v) is 15.2. The third-order valence-corrected chi connectivity index (χ3v) is 5.19. The number of hydrogen-bond donors (Lipinski definition) is 0. The molecule has 0 amide bonds. The van der Waals surface area contributed by atoms with Crippen LogP contribution >= 0.6 is 0 Å². The Labute approximate surface area is 137 Å². The van der Waals surface area contributed by atoms with Crippen molar-refractivity contribution in [3.63, 3.8) is 0 Å². The molecule has 1 aromatic carbocycles. The second kappa shape index (κ2) is 6.46. The maximum atomic E-state index is 4.59. The number of aliphatic imine (C=N–C) groups is 1. The predicted octanol–water partition coefficient (Wildman–Crippen LogP) is 1.07. The first-order chi connectivity index (χ1) is 9.97. The van der Waals surface area contributed by atoms with Crippen LogP contribution in [-0.2, 0) is 0 Å². The van der Waals surface area contributed by atoms with Gasteiger partial charge in [0, 0.05) is 0 Å². The molecule has 0 atom stereocenters. The summed E-state index contributed by atoms with van der Waals surface area (Å²) >= 11 is -0.00390. The van der Waals surface area contributed by atoms with Gasteiger partial charge in [-0.15, -0.1) is 0 Å². The number of benzene rings is 1. The number of nitrogens with zero attached hydrogens (tertiary/aromatic N) is 2. The van der Waals surface area contributed by atoms with Gasteiger partial charge in [0.2, 0.25) is 0 Å². The average Bonchev–Trinajstić information content (AvgIpc) is 2.47. The summed E-state index contributed by atoms with van der Waals surface area (Å²) in [7, 11) is 2.02. The second-order valence-electron chi connectivity index (χ2n) is 5.06. The second-order valence-corrected chi connectivity index (χ2v) is 7.39. The number of alkyl halides is 1. The molecule has 1 aliphatic heterocycles. The fourth-order valence-electron chi connectivity index (χ4n) is 2.23. The van der Waals surface area contributed by atoms with Gasteiger partial charge >= 0.3 is 138 Å². The van der Waals surface area contributed by atoms with E-state index in [4.69, 9.17) is 0 Å². The van der Waals surface area contributed by atoms with Crippen molar-refractivity contribution in [3.05, 3.63) is 57.5 Å². The zero-order valence-electron chi connectivity index (χ0n) is 13.0. The number of halogens is 1. The Balaban J connectivity index is 2.74. The molecule has 1 aliphatic rings. The summed E-state index contributed by atoms with van der Waals surface area (Å²) in [6.07, 6.45) is 4.16. The van der Waals surface area contributed by atoms with Crippen molar-refractivity contribution < 1.29 is 21.2 Å². The van der Waals surface area contributed by atoms with Gasteiger partial charge in [-0.1, -0.05) is 0 Å². The topological polar surface area (TPSA) is 15.6 Å². The van der Waals surface area contributed by atoms with Gasteiger partial charge in [-0.2, -0.15) is 0 Å². The van der Waals surface area contributed by atoms with Crippen LogP contribution in [0.5, 0.6) is 0 Å². The van der Waals surface area contributed by atoms with Crippen LogP contribution in [0.25, 0.3) is 17.5 Å². The number of hydrogen-bond acceptors (Lipinski definition) is 2. The summed E-state index contributed by atoms with van der Waals surface area (Å²) in [5.74, 6) is 0. The summed E-state index contributed by atoms with van der Waals surface area (Å²) in [4.78, 5) is 8.90. The minimum absolute atomic E-state index is 0.00390. The third kappa shape index (κ3) is 3.20. The van der Waals surface area contributed by atoms with Crippen molar-refractivity contribution in [3.8, 4) is 0 Å². The Bertz CT molecular complexity index is 700. The van der Waals surface area contributed by atoms with Gasteiger partial charge in [-0.3, -0.25) is 0 Å². The van der Waals surface area contributed by atoms with Crippen molar-refractivity contribution in [1.82, 2.24) is 4.90 Å². The molecule has 0 bridgehead atoms. The van der Waals surface area contributed by atoms with Gasteiger partial charge < -0.3 is 0 Å². The molecule has 0 N–H and O–H groups in total. The molecule has 1 heterocycles. The van der Waals surface area contributed by atoms with E-state index < -0.39 is 0 Å². The van der Waals surface area contributed by atoms with Crippen LogP contribution in [0.4, 0.5) is 0 Å². The minimum atomic E-state index is -0.00390. The van der Waals surface area contributed by atoms with E-state index in [1.54, 1.807) is 0 Å². The van der Waals surface area contributed by atoms with Gasteiger partial charge in [0.15, 0.2) is 0 Å². The third-order valence-electron chi connectivity index (χ3n) is 3.32. The van der Waals surface area contributed by atoms with Crippen LogP contribution in [-0.4, -0.2) is 22.6 Å². The Kier molecular flexibility index (Phi) is 4.86. The molecule has 0 fully saturated rings. The molecular formula is C18H20IN2-. The monoisotopic (exact) mass is 391 g/mol. The first-order valence-corrected chi connectivity index (χ1v) is 9.91. The molecule has 0 spiro atoms. The average molecular weight is 391 g/mol. The normalized spacial score (nSPS) is 13.0. The van der Waals surface area contributed by atoms with Crippen LogP contribution in [0.15, 0.2) is 42.2 Å². The summed E-state index contributed by atoms with van der Waals surface area (Å²) in [5, 5.41) is 0. The van der Waals surface area contributed by atoms with Gasteiger partial charge in [-0.25, -0.2) is 0 Å². The fraction of sp³-hybridized carbons (Fsp3) is 0.222. The molecule has 3 heteroatoms. The Morgan fingerprint density at radius 2 is 2.05 bits per heavy atom. The van der Waals surface area contributed by atoms with Crippen molar-refractivity contribution in [2.45, 2.75) is 13.8 Å². The molecular weight excluding hydrogens is 371 g/mol. The predicted molar refractivity (Wildman–Crippen MR) is 88.2 cm³/mol. The maximum absolute atomic E-state index is 4.59. The van der Waals surface area contributed by atoms with Gasteiger partial charge in [0.05, 0.1) is 0 Å². The zero-order chi connectivity index (χ0) is 15.6. The summed E-state index contributed by atoms with van der Waals surface area (Å²) < 4.78 is 1.38. The molecule has 0 aromatic heterocycles. The van der Waals surface area contributed by atoms with Crippen molar-refractivity contribution in [1.29, 1.82) is 0 Å². The van der Waals surface area contributed by atoms with Crippen molar-refractivity contribution in [2.24, 2.45) is 4.99 Å². The van der Waals surface area contributed by atoms with Gasteiger partial charge in [0.25, 0.3) is 0 Å². The molecule has 0 aliphatic carbocycles. The molecule has 1 aromatic rings. The van der Waals surface area contributed by atoms with E-state index in [0.717, 1.165) is 28.2 Å². The molecule has 0 unspecified atom stereocenters. The van der Waals surface area contributed by atoms with E-state index in [1.807, 2.05) is 27.1 Å². The van der Waals surface area contributed by atoms with E-state index in [1.165, 1.54) is 9.13 Å². The van der Waals surface area contributed by atoms with Crippen LogP contribution in [0.1, 0.15) is 30.5 Å². The molecule has 0 radical (unpaired) electrons. The Hall–Kier alpha value is -1.58. The van der Waals surface area contributed by atoms with Crippen LogP contribution in [0, 0.1) is 3.57 Å².